The van der Waals surface area contributed by atoms with Crippen molar-refractivity contribution in [2.24, 2.45) is 0 Å². The average Bonchev–Trinajstić information content (AvgIpc) is 3.34. The van der Waals surface area contributed by atoms with Crippen molar-refractivity contribution in [1.82, 2.24) is 15.0 Å². The van der Waals surface area contributed by atoms with Crippen molar-refractivity contribution >= 4 is 11.7 Å². The van der Waals surface area contributed by atoms with Gasteiger partial charge in [-0.2, -0.15) is 4.98 Å². The van der Waals surface area contributed by atoms with Crippen molar-refractivity contribution in [1.29, 1.82) is 0 Å². The molecule has 1 aliphatic rings. The van der Waals surface area contributed by atoms with Gasteiger partial charge in [0.05, 0.1) is 5.56 Å². The zero-order valence-electron chi connectivity index (χ0n) is 16.1. The minimum Gasteiger partial charge on any atom is -0.337 e. The second-order valence-corrected chi connectivity index (χ2v) is 7.11. The Labute approximate surface area is 166 Å². The number of nitrogens with zero attached hydrogens (tertiary/aromatic N) is 3. The first-order valence-electron chi connectivity index (χ1n) is 9.37. The Bertz CT molecular complexity index is 1070. The predicted molar refractivity (Wildman–Crippen MR) is 103 cm³/mol. The number of aromatic nitrogens is 2. The molecule has 4 rings (SSSR count). The fourth-order valence-electron chi connectivity index (χ4n) is 3.49. The third kappa shape index (κ3) is 3.70. The van der Waals surface area contributed by atoms with Crippen LogP contribution in [-0.2, 0) is 0 Å². The monoisotopic (exact) mass is 398 g/mol. The summed E-state index contributed by atoms with van der Waals surface area (Å²) in [5, 5.41) is 6.76. The van der Waals surface area contributed by atoms with Crippen LogP contribution in [0.1, 0.15) is 35.9 Å². The molecule has 29 heavy (non-hydrogen) atoms. The van der Waals surface area contributed by atoms with Gasteiger partial charge in [0.25, 0.3) is 0 Å². The van der Waals surface area contributed by atoms with E-state index in [1.54, 1.807) is 4.90 Å². The summed E-state index contributed by atoms with van der Waals surface area (Å²) in [6, 6.07) is 8.24. The largest absolute Gasteiger partial charge is 0.337 e. The normalized spacial score (nSPS) is 16.3. The summed E-state index contributed by atoms with van der Waals surface area (Å²) >= 11 is 0. The van der Waals surface area contributed by atoms with Crippen LogP contribution in [0.15, 0.2) is 40.9 Å². The molecule has 1 aromatic heterocycles. The summed E-state index contributed by atoms with van der Waals surface area (Å²) in [4.78, 5) is 18.8. The van der Waals surface area contributed by atoms with Crippen LogP contribution in [0.2, 0.25) is 0 Å². The minimum absolute atomic E-state index is 0.0271. The van der Waals surface area contributed by atoms with Gasteiger partial charge in [-0.3, -0.25) is 0 Å². The molecule has 1 saturated heterocycles. The molecule has 0 bridgehead atoms. The molecule has 1 N–H and O–H groups in total. The number of likely N-dealkylation sites (tertiary alicyclic amines) is 1. The number of urea groups is 1. The van der Waals surface area contributed by atoms with Gasteiger partial charge in [-0.25, -0.2) is 13.6 Å². The first-order valence-corrected chi connectivity index (χ1v) is 9.37. The van der Waals surface area contributed by atoms with E-state index in [1.165, 1.54) is 6.07 Å². The lowest BCUT2D eigenvalue weighted by molar-refractivity contribution is 0.193. The summed E-state index contributed by atoms with van der Waals surface area (Å²) in [5.41, 5.74) is 2.89. The zero-order chi connectivity index (χ0) is 20.5. The standard InChI is InChI=1S/C21H20F2N4O2/c1-12-5-3-6-17(13(12)2)24-21(28)27-10-4-7-18(27)20-25-19(26-29-20)15-9-8-14(22)11-16(15)23/h3,5-6,8-9,11,18H,4,7,10H2,1-2H3,(H,24,28). The number of carbonyl (C=O) groups excluding carboxylic acids is 1. The lowest BCUT2D eigenvalue weighted by Crippen LogP contribution is -2.34. The smallest absolute Gasteiger partial charge is 0.322 e. The summed E-state index contributed by atoms with van der Waals surface area (Å²) in [6.45, 7) is 4.48. The molecule has 6 nitrogen and oxygen atoms in total. The molecule has 1 atom stereocenters. The Morgan fingerprint density at radius 3 is 2.86 bits per heavy atom. The number of carbonyl (C=O) groups is 1. The number of anilines is 1. The molecule has 2 heterocycles. The molecular weight excluding hydrogens is 378 g/mol. The molecule has 0 aliphatic carbocycles. The fraction of sp³-hybridized carbons (Fsp3) is 0.286. The van der Waals surface area contributed by atoms with Gasteiger partial charge in [-0.1, -0.05) is 17.3 Å². The highest BCUT2D eigenvalue weighted by atomic mass is 19.1. The highest BCUT2D eigenvalue weighted by Gasteiger charge is 2.34. The number of hydrogen-bond acceptors (Lipinski definition) is 4. The van der Waals surface area contributed by atoms with E-state index in [2.05, 4.69) is 15.5 Å². The van der Waals surface area contributed by atoms with Crippen molar-refractivity contribution < 1.29 is 18.1 Å². The molecule has 2 amide bonds. The second kappa shape index (κ2) is 7.62. The van der Waals surface area contributed by atoms with Crippen LogP contribution >= 0.6 is 0 Å². The lowest BCUT2D eigenvalue weighted by Gasteiger charge is -2.23. The van der Waals surface area contributed by atoms with E-state index < -0.39 is 17.7 Å². The minimum atomic E-state index is -0.770. The molecule has 1 fully saturated rings. The van der Waals surface area contributed by atoms with Crippen LogP contribution in [0.25, 0.3) is 11.4 Å². The third-order valence-electron chi connectivity index (χ3n) is 5.26. The quantitative estimate of drug-likeness (QED) is 0.674. The van der Waals surface area contributed by atoms with Gasteiger partial charge >= 0.3 is 6.03 Å². The second-order valence-electron chi connectivity index (χ2n) is 7.11. The molecule has 0 saturated carbocycles. The highest BCUT2D eigenvalue weighted by molar-refractivity contribution is 5.90. The van der Waals surface area contributed by atoms with Gasteiger partial charge < -0.3 is 14.7 Å². The molecule has 8 heteroatoms. The predicted octanol–water partition coefficient (Wildman–Crippen LogP) is 5.00. The fourth-order valence-corrected chi connectivity index (χ4v) is 3.49. The van der Waals surface area contributed by atoms with Crippen LogP contribution < -0.4 is 5.32 Å². The molecule has 0 spiro atoms. The van der Waals surface area contributed by atoms with E-state index in [0.717, 1.165) is 35.4 Å². The number of aryl methyl sites for hydroxylation is 1. The molecule has 3 aromatic rings. The average molecular weight is 398 g/mol. The van der Waals surface area contributed by atoms with Crippen LogP contribution in [0.5, 0.6) is 0 Å². The summed E-state index contributed by atoms with van der Waals surface area (Å²) in [5.74, 6) is -1.19. The number of nitrogens with one attached hydrogen (secondary N) is 1. The Hall–Kier alpha value is -3.29. The maximum Gasteiger partial charge on any atom is 0.322 e. The molecular formula is C21H20F2N4O2. The molecule has 2 aromatic carbocycles. The maximum atomic E-state index is 14.0. The SMILES string of the molecule is Cc1cccc(NC(=O)N2CCCC2c2nc(-c3ccc(F)cc3F)no2)c1C. The van der Waals surface area contributed by atoms with Crippen molar-refractivity contribution in [2.45, 2.75) is 32.7 Å². The van der Waals surface area contributed by atoms with E-state index in [4.69, 9.17) is 4.52 Å². The van der Waals surface area contributed by atoms with E-state index in [0.29, 0.717) is 13.0 Å². The third-order valence-corrected chi connectivity index (χ3v) is 5.26. The Balaban J connectivity index is 1.55. The van der Waals surface area contributed by atoms with Crippen molar-refractivity contribution in [2.75, 3.05) is 11.9 Å². The van der Waals surface area contributed by atoms with Crippen LogP contribution in [0, 0.1) is 25.5 Å². The molecule has 0 radical (unpaired) electrons. The molecule has 150 valence electrons. The van der Waals surface area contributed by atoms with Gasteiger partial charge in [0.1, 0.15) is 17.7 Å². The van der Waals surface area contributed by atoms with Gasteiger partial charge in [0, 0.05) is 18.3 Å². The van der Waals surface area contributed by atoms with Crippen molar-refractivity contribution in [3.63, 3.8) is 0 Å². The van der Waals surface area contributed by atoms with Crippen molar-refractivity contribution in [3.8, 4) is 11.4 Å². The van der Waals surface area contributed by atoms with E-state index in [1.807, 2.05) is 32.0 Å². The Morgan fingerprint density at radius 1 is 1.24 bits per heavy atom. The number of rotatable bonds is 3. The maximum absolute atomic E-state index is 14.0. The first-order chi connectivity index (χ1) is 13.9. The first kappa shape index (κ1) is 19.0. The van der Waals surface area contributed by atoms with Crippen LogP contribution in [0.3, 0.4) is 0 Å². The molecule has 1 unspecified atom stereocenters. The number of hydrogen-bond donors (Lipinski definition) is 1. The number of amides is 2. The Morgan fingerprint density at radius 2 is 2.07 bits per heavy atom. The summed E-state index contributed by atoms with van der Waals surface area (Å²) in [6.07, 6.45) is 1.45. The van der Waals surface area contributed by atoms with E-state index >= 15 is 0 Å². The topological polar surface area (TPSA) is 71.3 Å². The zero-order valence-corrected chi connectivity index (χ0v) is 16.1. The van der Waals surface area contributed by atoms with E-state index in [9.17, 15) is 13.6 Å². The number of halogens is 2. The summed E-state index contributed by atoms with van der Waals surface area (Å²) in [7, 11) is 0. The van der Waals surface area contributed by atoms with Gasteiger partial charge in [0.2, 0.25) is 11.7 Å². The van der Waals surface area contributed by atoms with Gasteiger partial charge in [0.15, 0.2) is 0 Å². The van der Waals surface area contributed by atoms with E-state index in [-0.39, 0.29) is 23.3 Å². The lowest BCUT2D eigenvalue weighted by atomic mass is 10.1. The van der Waals surface area contributed by atoms with Crippen LogP contribution in [-0.4, -0.2) is 27.6 Å². The highest BCUT2D eigenvalue weighted by Crippen LogP contribution is 2.33. The summed E-state index contributed by atoms with van der Waals surface area (Å²) < 4.78 is 32.5. The number of benzene rings is 2. The molecule has 1 aliphatic heterocycles. The van der Waals surface area contributed by atoms with Gasteiger partial charge in [-0.05, 0) is 56.0 Å². The van der Waals surface area contributed by atoms with Crippen LogP contribution in [0.4, 0.5) is 19.3 Å². The van der Waals surface area contributed by atoms with Gasteiger partial charge in [-0.15, -0.1) is 0 Å². The van der Waals surface area contributed by atoms with Crippen molar-refractivity contribution in [3.05, 3.63) is 65.1 Å². The Kier molecular flexibility index (Phi) is 5.00.